The van der Waals surface area contributed by atoms with Crippen LogP contribution in [0.1, 0.15) is 29.7 Å². The summed E-state index contributed by atoms with van der Waals surface area (Å²) in [6.07, 6.45) is 0. The van der Waals surface area contributed by atoms with Gasteiger partial charge in [0.25, 0.3) is 0 Å². The van der Waals surface area contributed by atoms with Gasteiger partial charge in [-0.2, -0.15) is 0 Å². The van der Waals surface area contributed by atoms with E-state index in [1.165, 1.54) is 22.3 Å². The first-order valence-electron chi connectivity index (χ1n) is 6.12. The molecule has 2 heteroatoms. The van der Waals surface area contributed by atoms with Crippen LogP contribution in [0, 0.1) is 13.8 Å². The minimum absolute atomic E-state index is 0.0246. The minimum atomic E-state index is 0.0246. The second-order valence-corrected chi connectivity index (χ2v) is 5.20. The van der Waals surface area contributed by atoms with Crippen LogP contribution in [-0.4, -0.2) is 0 Å². The Labute approximate surface area is 114 Å². The van der Waals surface area contributed by atoms with E-state index in [0.717, 1.165) is 10.6 Å². The molecule has 1 atom stereocenters. The largest absolute Gasteiger partial charge is 0.324 e. The first kappa shape index (κ1) is 13.1. The molecule has 0 amide bonds. The zero-order chi connectivity index (χ0) is 13.3. The summed E-state index contributed by atoms with van der Waals surface area (Å²) in [6.45, 7) is 6.12. The Morgan fingerprint density at radius 1 is 1.00 bits per heavy atom. The molecule has 0 radical (unpaired) electrons. The molecule has 94 valence electrons. The highest BCUT2D eigenvalue weighted by Crippen LogP contribution is 2.32. The van der Waals surface area contributed by atoms with Crippen molar-refractivity contribution in [2.45, 2.75) is 26.8 Å². The maximum Gasteiger partial charge on any atom is 0.0438 e. The normalized spacial score (nSPS) is 12.5. The smallest absolute Gasteiger partial charge is 0.0438 e. The highest BCUT2D eigenvalue weighted by atomic mass is 35.5. The van der Waals surface area contributed by atoms with E-state index in [0.29, 0.717) is 0 Å². The number of halogens is 1. The maximum absolute atomic E-state index is 6.15. The lowest BCUT2D eigenvalue weighted by Gasteiger charge is -2.15. The Morgan fingerprint density at radius 3 is 2.33 bits per heavy atom. The predicted molar refractivity (Wildman–Crippen MR) is 79.0 cm³/mol. The molecule has 1 nitrogen and oxygen atoms in total. The van der Waals surface area contributed by atoms with Crippen molar-refractivity contribution < 1.29 is 0 Å². The Morgan fingerprint density at radius 2 is 1.67 bits per heavy atom. The molecule has 2 aromatic carbocycles. The Hall–Kier alpha value is -1.31. The van der Waals surface area contributed by atoms with Gasteiger partial charge in [0.05, 0.1) is 0 Å². The van der Waals surface area contributed by atoms with E-state index < -0.39 is 0 Å². The number of hydrogen-bond donors (Lipinski definition) is 1. The average Bonchev–Trinajstić information content (AvgIpc) is 2.34. The van der Waals surface area contributed by atoms with Gasteiger partial charge < -0.3 is 5.73 Å². The summed E-state index contributed by atoms with van der Waals surface area (Å²) in [5.41, 5.74) is 11.9. The molecule has 0 aliphatic heterocycles. The fourth-order valence-electron chi connectivity index (χ4n) is 2.21. The molecular weight excluding hydrogens is 242 g/mol. The summed E-state index contributed by atoms with van der Waals surface area (Å²) in [7, 11) is 0. The third-order valence-electron chi connectivity index (χ3n) is 3.25. The molecule has 18 heavy (non-hydrogen) atoms. The number of benzene rings is 2. The molecule has 0 bridgehead atoms. The zero-order valence-electron chi connectivity index (χ0n) is 11.0. The van der Waals surface area contributed by atoms with Gasteiger partial charge in [-0.05, 0) is 60.7 Å². The summed E-state index contributed by atoms with van der Waals surface area (Å²) < 4.78 is 0. The standard InChI is InChI=1S/C16H18ClN/c1-10-9-16(17)11(2)8-15(10)14-7-5-4-6-13(14)12(3)18/h4-9,12H,18H2,1-3H3. The second-order valence-electron chi connectivity index (χ2n) is 4.79. The van der Waals surface area contributed by atoms with E-state index in [9.17, 15) is 0 Å². The van der Waals surface area contributed by atoms with Crippen molar-refractivity contribution in [3.05, 3.63) is 58.1 Å². The molecule has 0 fully saturated rings. The fraction of sp³-hybridized carbons (Fsp3) is 0.250. The van der Waals surface area contributed by atoms with Gasteiger partial charge in [-0.1, -0.05) is 35.9 Å². The van der Waals surface area contributed by atoms with Crippen molar-refractivity contribution in [3.63, 3.8) is 0 Å². The molecule has 0 heterocycles. The van der Waals surface area contributed by atoms with E-state index in [1.54, 1.807) is 0 Å². The van der Waals surface area contributed by atoms with E-state index in [4.69, 9.17) is 17.3 Å². The van der Waals surface area contributed by atoms with Crippen molar-refractivity contribution >= 4 is 11.6 Å². The van der Waals surface area contributed by atoms with Crippen LogP contribution in [0.5, 0.6) is 0 Å². The molecule has 2 rings (SSSR count). The van der Waals surface area contributed by atoms with Gasteiger partial charge in [0.2, 0.25) is 0 Å². The quantitative estimate of drug-likeness (QED) is 0.835. The SMILES string of the molecule is Cc1cc(-c2ccccc2C(C)N)c(C)cc1Cl. The zero-order valence-corrected chi connectivity index (χ0v) is 11.8. The number of aryl methyl sites for hydroxylation is 2. The molecule has 0 aliphatic rings. The van der Waals surface area contributed by atoms with Gasteiger partial charge in [0, 0.05) is 11.1 Å². The van der Waals surface area contributed by atoms with E-state index in [2.05, 4.69) is 25.1 Å². The number of rotatable bonds is 2. The first-order valence-corrected chi connectivity index (χ1v) is 6.50. The van der Waals surface area contributed by atoms with Gasteiger partial charge in [0.1, 0.15) is 0 Å². The summed E-state index contributed by atoms with van der Waals surface area (Å²) in [5.74, 6) is 0. The third kappa shape index (κ3) is 2.43. The second kappa shape index (κ2) is 5.13. The van der Waals surface area contributed by atoms with Gasteiger partial charge in [0.15, 0.2) is 0 Å². The maximum atomic E-state index is 6.15. The monoisotopic (exact) mass is 259 g/mol. The summed E-state index contributed by atoms with van der Waals surface area (Å²) in [4.78, 5) is 0. The lowest BCUT2D eigenvalue weighted by molar-refractivity contribution is 0.820. The highest BCUT2D eigenvalue weighted by Gasteiger charge is 2.11. The average molecular weight is 260 g/mol. The van der Waals surface area contributed by atoms with Crippen molar-refractivity contribution in [1.29, 1.82) is 0 Å². The lowest BCUT2D eigenvalue weighted by atomic mass is 9.92. The topological polar surface area (TPSA) is 26.0 Å². The number of nitrogens with two attached hydrogens (primary N) is 1. The van der Waals surface area contributed by atoms with Crippen LogP contribution >= 0.6 is 11.6 Å². The van der Waals surface area contributed by atoms with Gasteiger partial charge >= 0.3 is 0 Å². The minimum Gasteiger partial charge on any atom is -0.324 e. The van der Waals surface area contributed by atoms with Crippen LogP contribution in [-0.2, 0) is 0 Å². The van der Waals surface area contributed by atoms with Crippen molar-refractivity contribution in [3.8, 4) is 11.1 Å². The molecule has 0 saturated heterocycles. The van der Waals surface area contributed by atoms with Crippen molar-refractivity contribution in [1.82, 2.24) is 0 Å². The van der Waals surface area contributed by atoms with E-state index in [-0.39, 0.29) is 6.04 Å². The van der Waals surface area contributed by atoms with Crippen LogP contribution in [0.4, 0.5) is 0 Å². The van der Waals surface area contributed by atoms with Crippen LogP contribution in [0.2, 0.25) is 5.02 Å². The first-order chi connectivity index (χ1) is 8.50. The van der Waals surface area contributed by atoms with Crippen molar-refractivity contribution in [2.24, 2.45) is 5.73 Å². The molecule has 0 saturated carbocycles. The Bertz CT molecular complexity index is 573. The summed E-state index contributed by atoms with van der Waals surface area (Å²) in [5, 5.41) is 0.814. The summed E-state index contributed by atoms with van der Waals surface area (Å²) in [6, 6.07) is 12.5. The lowest BCUT2D eigenvalue weighted by Crippen LogP contribution is -2.06. The molecule has 0 aromatic heterocycles. The van der Waals surface area contributed by atoms with Gasteiger partial charge in [-0.15, -0.1) is 0 Å². The van der Waals surface area contributed by atoms with E-state index >= 15 is 0 Å². The number of hydrogen-bond acceptors (Lipinski definition) is 1. The third-order valence-corrected chi connectivity index (χ3v) is 3.65. The predicted octanol–water partition coefficient (Wildman–Crippen LogP) is 4.64. The molecule has 0 spiro atoms. The molecule has 0 aliphatic carbocycles. The van der Waals surface area contributed by atoms with Gasteiger partial charge in [-0.3, -0.25) is 0 Å². The molecular formula is C16H18ClN. The fourth-order valence-corrected chi connectivity index (χ4v) is 2.43. The van der Waals surface area contributed by atoms with E-state index in [1.807, 2.05) is 32.0 Å². The van der Waals surface area contributed by atoms with Crippen molar-refractivity contribution in [2.75, 3.05) is 0 Å². The van der Waals surface area contributed by atoms with Crippen LogP contribution in [0.25, 0.3) is 11.1 Å². The Balaban J connectivity index is 2.66. The molecule has 2 aromatic rings. The van der Waals surface area contributed by atoms with Gasteiger partial charge in [-0.25, -0.2) is 0 Å². The molecule has 1 unspecified atom stereocenters. The van der Waals surface area contributed by atoms with Crippen LogP contribution in [0.3, 0.4) is 0 Å². The van der Waals surface area contributed by atoms with Crippen LogP contribution in [0.15, 0.2) is 36.4 Å². The highest BCUT2D eigenvalue weighted by molar-refractivity contribution is 6.31. The Kier molecular flexibility index (Phi) is 3.74. The van der Waals surface area contributed by atoms with Crippen LogP contribution < -0.4 is 5.73 Å². The molecule has 2 N–H and O–H groups in total. The summed E-state index contributed by atoms with van der Waals surface area (Å²) >= 11 is 6.15.